The van der Waals surface area contributed by atoms with Crippen LogP contribution in [0, 0.1) is 0 Å². The molecule has 0 saturated heterocycles. The van der Waals surface area contributed by atoms with Gasteiger partial charge in [-0.1, -0.05) is 279 Å². The maximum Gasteiger partial charge on any atom is -0.00264 e. The van der Waals surface area contributed by atoms with Gasteiger partial charge >= 0.3 is 0 Å². The van der Waals surface area contributed by atoms with E-state index in [-0.39, 0.29) is 0 Å². The number of hydrogen-bond donors (Lipinski definition) is 0. The first kappa shape index (κ1) is 41.6. The molecular weight excluding hydrogens is 865 g/mol. The molecule has 0 unspecified atom stereocenters. The van der Waals surface area contributed by atoms with Gasteiger partial charge in [-0.2, -0.15) is 0 Å². The molecule has 0 aromatic heterocycles. The Balaban J connectivity index is 0.0000000895. The van der Waals surface area contributed by atoms with E-state index in [9.17, 15) is 0 Å². The second kappa shape index (κ2) is 17.2. The summed E-state index contributed by atoms with van der Waals surface area (Å²) in [6.07, 6.45) is 0. The molecule has 72 heavy (non-hydrogen) atoms. The van der Waals surface area contributed by atoms with Crippen molar-refractivity contribution >= 4 is 118 Å². The third-order valence-electron chi connectivity index (χ3n) is 15.1. The molecule has 0 radical (unpaired) electrons. The van der Waals surface area contributed by atoms with Crippen LogP contribution in [0.25, 0.3) is 141 Å². The molecule has 0 saturated carbocycles. The highest BCUT2D eigenvalue weighted by molar-refractivity contribution is 6.33. The monoisotopic (exact) mass is 910 g/mol. The molecule has 16 aromatic rings. The first-order valence-electron chi connectivity index (χ1n) is 25.0. The third kappa shape index (κ3) is 6.76. The molecule has 0 atom stereocenters. The van der Waals surface area contributed by atoms with E-state index in [1.807, 2.05) is 0 Å². The predicted molar refractivity (Wildman–Crippen MR) is 314 cm³/mol. The average molecular weight is 911 g/mol. The van der Waals surface area contributed by atoms with Crippen LogP contribution in [-0.2, 0) is 0 Å². The van der Waals surface area contributed by atoms with Crippen molar-refractivity contribution < 1.29 is 0 Å². The van der Waals surface area contributed by atoms with Crippen LogP contribution in [0.3, 0.4) is 0 Å². The highest BCUT2D eigenvalue weighted by Crippen LogP contribution is 2.47. The minimum absolute atomic E-state index is 1.31. The molecule has 0 aliphatic heterocycles. The second-order valence-electron chi connectivity index (χ2n) is 19.0. The summed E-state index contributed by atoms with van der Waals surface area (Å²) in [6.45, 7) is 0. The molecular formula is C72H46. The second-order valence-corrected chi connectivity index (χ2v) is 19.0. The van der Waals surface area contributed by atoms with E-state index in [1.165, 1.54) is 141 Å². The zero-order valence-electron chi connectivity index (χ0n) is 39.6. The predicted octanol–water partition coefficient (Wildman–Crippen LogP) is 20.5. The van der Waals surface area contributed by atoms with Gasteiger partial charge in [0.25, 0.3) is 0 Å². The van der Waals surface area contributed by atoms with Crippen LogP contribution in [0.2, 0.25) is 0 Å². The summed E-state index contributed by atoms with van der Waals surface area (Å²) in [6, 6.07) is 100. The lowest BCUT2D eigenvalue weighted by Crippen LogP contribution is -1.85. The molecule has 16 aromatic carbocycles. The number of rotatable bonds is 0. The minimum atomic E-state index is 1.31. The van der Waals surface area contributed by atoms with Crippen molar-refractivity contribution in [2.24, 2.45) is 0 Å². The van der Waals surface area contributed by atoms with E-state index in [0.29, 0.717) is 0 Å². The van der Waals surface area contributed by atoms with E-state index in [1.54, 1.807) is 0 Å². The normalized spacial score (nSPS) is 11.6. The van der Waals surface area contributed by atoms with E-state index in [2.05, 4.69) is 279 Å². The summed E-state index contributed by atoms with van der Waals surface area (Å²) in [5.74, 6) is 0. The smallest absolute Gasteiger partial charge is 0.00264 e. The maximum atomic E-state index is 2.25. The quantitative estimate of drug-likeness (QED) is 0.105. The van der Waals surface area contributed by atoms with Crippen LogP contribution >= 0.6 is 0 Å². The van der Waals surface area contributed by atoms with Crippen LogP contribution < -0.4 is 0 Å². The SMILES string of the molecule is c1cc2cccc3c4cccc5cccc(c(c1)c23)c54.c1ccc2c(c1)-c1cccc3cccc-2c13.c1ccc2c(c1)c1ccccc1c1ccccc21.c1ccc2c(c1)ccc1c3ccccc3ccc21. The van der Waals surface area contributed by atoms with Crippen LogP contribution in [0.15, 0.2) is 279 Å². The standard InChI is InChI=1S/C20H12.2C18H12.C16H10/c1-5-13-6-2-11-17-18-12-4-8-14-7-3-10-16(20(14)18)15(9-1)19(13)17;1-3-7-15-13(5-1)9-11-18-16-8-4-2-6-14(16)10-12-17(15)18;1-2-8-14-13(7-1)15-9-3-4-11-17(15)18-12-6-5-10-16(14)18;1-2-8-13-12(7-1)14-9-3-5-11-6-4-10-15(13)16(11)14/h1-12H;2*1-12H;1-10H. The fraction of sp³-hybridized carbons (Fsp3) is 0. The molecule has 0 heterocycles. The highest BCUT2D eigenvalue weighted by Gasteiger charge is 2.19. The van der Waals surface area contributed by atoms with Gasteiger partial charge in [-0.05, 0) is 141 Å². The van der Waals surface area contributed by atoms with Gasteiger partial charge in [0.05, 0.1) is 0 Å². The number of hydrogen-bond acceptors (Lipinski definition) is 0. The summed E-state index contributed by atoms with van der Waals surface area (Å²) in [4.78, 5) is 0. The molecule has 1 aliphatic carbocycles. The minimum Gasteiger partial charge on any atom is -0.0616 e. The van der Waals surface area contributed by atoms with Gasteiger partial charge in [0.2, 0.25) is 0 Å². The third-order valence-corrected chi connectivity index (χ3v) is 15.1. The Labute approximate surface area is 417 Å². The average Bonchev–Trinajstić information content (AvgIpc) is 3.79. The molecule has 0 spiro atoms. The lowest BCUT2D eigenvalue weighted by Gasteiger charge is -2.13. The molecule has 17 rings (SSSR count). The molecule has 334 valence electrons. The van der Waals surface area contributed by atoms with Crippen molar-refractivity contribution in [1.82, 2.24) is 0 Å². The zero-order valence-corrected chi connectivity index (χ0v) is 39.6. The topological polar surface area (TPSA) is 0 Å². The van der Waals surface area contributed by atoms with Crippen LogP contribution in [0.1, 0.15) is 0 Å². The molecule has 0 bridgehead atoms. The van der Waals surface area contributed by atoms with Gasteiger partial charge < -0.3 is 0 Å². The summed E-state index contributed by atoms with van der Waals surface area (Å²) in [5, 5.41) is 29.6. The van der Waals surface area contributed by atoms with Crippen molar-refractivity contribution in [2.45, 2.75) is 0 Å². The first-order valence-corrected chi connectivity index (χ1v) is 25.0. The van der Waals surface area contributed by atoms with Gasteiger partial charge in [-0.15, -0.1) is 0 Å². The van der Waals surface area contributed by atoms with Crippen LogP contribution in [0.4, 0.5) is 0 Å². The fourth-order valence-corrected chi connectivity index (χ4v) is 12.0. The number of benzene rings is 16. The fourth-order valence-electron chi connectivity index (χ4n) is 12.0. The van der Waals surface area contributed by atoms with Crippen molar-refractivity contribution in [1.29, 1.82) is 0 Å². The Morgan fingerprint density at radius 1 is 0.111 bits per heavy atom. The van der Waals surface area contributed by atoms with Gasteiger partial charge in [0, 0.05) is 0 Å². The van der Waals surface area contributed by atoms with Gasteiger partial charge in [0.15, 0.2) is 0 Å². The Kier molecular flexibility index (Phi) is 9.96. The summed E-state index contributed by atoms with van der Waals surface area (Å²) in [5.41, 5.74) is 5.50. The zero-order chi connectivity index (χ0) is 47.5. The Hall–Kier alpha value is -9.36. The van der Waals surface area contributed by atoms with Gasteiger partial charge in [-0.3, -0.25) is 0 Å². The van der Waals surface area contributed by atoms with E-state index in [0.717, 1.165) is 0 Å². The lowest BCUT2D eigenvalue weighted by molar-refractivity contribution is 1.70. The van der Waals surface area contributed by atoms with Gasteiger partial charge in [-0.25, -0.2) is 0 Å². The largest absolute Gasteiger partial charge is 0.0616 e. The lowest BCUT2D eigenvalue weighted by atomic mass is 9.90. The maximum absolute atomic E-state index is 2.25. The highest BCUT2D eigenvalue weighted by atomic mass is 14.2. The Bertz CT molecular complexity index is 4220. The molecule has 0 N–H and O–H groups in total. The summed E-state index contributed by atoms with van der Waals surface area (Å²) in [7, 11) is 0. The van der Waals surface area contributed by atoms with Crippen molar-refractivity contribution in [3.05, 3.63) is 279 Å². The van der Waals surface area contributed by atoms with Crippen LogP contribution in [0.5, 0.6) is 0 Å². The number of fused-ring (bicyclic) bond motifs is 16. The van der Waals surface area contributed by atoms with E-state index < -0.39 is 0 Å². The summed E-state index contributed by atoms with van der Waals surface area (Å²) >= 11 is 0. The Morgan fingerprint density at radius 2 is 0.333 bits per heavy atom. The molecule has 0 fully saturated rings. The molecule has 0 nitrogen and oxygen atoms in total. The molecule has 1 aliphatic rings. The van der Waals surface area contributed by atoms with E-state index in [4.69, 9.17) is 0 Å². The first-order chi connectivity index (χ1) is 35.8. The summed E-state index contributed by atoms with van der Waals surface area (Å²) < 4.78 is 0. The van der Waals surface area contributed by atoms with Crippen molar-refractivity contribution in [3.8, 4) is 22.3 Å². The van der Waals surface area contributed by atoms with E-state index >= 15 is 0 Å². The molecule has 0 amide bonds. The molecule has 0 heteroatoms. The van der Waals surface area contributed by atoms with Crippen molar-refractivity contribution in [2.75, 3.05) is 0 Å². The van der Waals surface area contributed by atoms with Crippen molar-refractivity contribution in [3.63, 3.8) is 0 Å². The Morgan fingerprint density at radius 3 is 0.681 bits per heavy atom. The van der Waals surface area contributed by atoms with Gasteiger partial charge in [0.1, 0.15) is 0 Å². The van der Waals surface area contributed by atoms with Crippen LogP contribution in [-0.4, -0.2) is 0 Å².